The monoisotopic (exact) mass is 602 g/mol. The number of hydrogen-bond acceptors (Lipinski definition) is 6. The van der Waals surface area contributed by atoms with Crippen LogP contribution in [0.5, 0.6) is 0 Å². The van der Waals surface area contributed by atoms with Crippen LogP contribution in [0.1, 0.15) is 34.7 Å². The Morgan fingerprint density at radius 1 is 0.952 bits per heavy atom. The van der Waals surface area contributed by atoms with Gasteiger partial charge in [0.2, 0.25) is 10.0 Å². The van der Waals surface area contributed by atoms with Crippen LogP contribution in [-0.4, -0.2) is 55.6 Å². The molecule has 0 spiro atoms. The minimum atomic E-state index is -3.38. The van der Waals surface area contributed by atoms with Crippen LogP contribution in [-0.2, 0) is 14.8 Å². The van der Waals surface area contributed by atoms with Gasteiger partial charge in [0, 0.05) is 53.4 Å². The molecule has 2 aromatic carbocycles. The lowest BCUT2D eigenvalue weighted by molar-refractivity contribution is 0.122. The molecule has 9 nitrogen and oxygen atoms in total. The molecule has 11 heteroatoms. The number of aryl methyl sites for hydroxylation is 1. The zero-order valence-electron chi connectivity index (χ0n) is 23.8. The fourth-order valence-electron chi connectivity index (χ4n) is 5.97. The van der Waals surface area contributed by atoms with Gasteiger partial charge in [0.05, 0.1) is 37.2 Å². The van der Waals surface area contributed by atoms with E-state index in [1.165, 1.54) is 5.69 Å². The lowest BCUT2D eigenvalue weighted by Crippen LogP contribution is -2.36. The number of rotatable bonds is 7. The lowest BCUT2D eigenvalue weighted by Gasteiger charge is -2.29. The molecule has 0 radical (unpaired) electrons. The first kappa shape index (κ1) is 28.2. The number of sulfonamides is 1. The largest absolute Gasteiger partial charge is 0.378 e. The van der Waals surface area contributed by atoms with E-state index in [0.717, 1.165) is 66.6 Å². The lowest BCUT2D eigenvalue weighted by atomic mass is 9.96. The molecule has 2 atom stereocenters. The van der Waals surface area contributed by atoms with E-state index < -0.39 is 10.0 Å². The van der Waals surface area contributed by atoms with Gasteiger partial charge in [-0.2, -0.15) is 0 Å². The van der Waals surface area contributed by atoms with Gasteiger partial charge in [-0.3, -0.25) is 9.71 Å². The zero-order chi connectivity index (χ0) is 29.4. The average molecular weight is 603 g/mol. The van der Waals surface area contributed by atoms with Crippen molar-refractivity contribution in [1.29, 1.82) is 0 Å². The number of hydrogen-bond donors (Lipinski definition) is 2. The molecule has 42 heavy (non-hydrogen) atoms. The molecule has 2 saturated heterocycles. The molecular weight excluding hydrogens is 569 g/mol. The Kier molecular flexibility index (Phi) is 7.65. The highest BCUT2D eigenvalue weighted by atomic mass is 32.2. The molecule has 0 bridgehead atoms. The maximum absolute atomic E-state index is 11.7. The summed E-state index contributed by atoms with van der Waals surface area (Å²) in [5.41, 5.74) is 7.90. The summed E-state index contributed by atoms with van der Waals surface area (Å²) in [6, 6.07) is 23.8. The average Bonchev–Trinajstić information content (AvgIpc) is 3.48. The Hall–Kier alpha value is -3.93. The Labute approximate surface area is 252 Å². The molecule has 2 aliphatic heterocycles. The first-order valence-electron chi connectivity index (χ1n) is 13.9. The molecule has 6 rings (SSSR count). The quantitative estimate of drug-likeness (QED) is 0.290. The van der Waals surface area contributed by atoms with Gasteiger partial charge in [0.1, 0.15) is 0 Å². The van der Waals surface area contributed by atoms with Crippen molar-refractivity contribution in [1.82, 2.24) is 14.9 Å². The SMILES string of the molecule is Cc1cc([C@@H]2[C@H](c3ccccn3)NC(=S)N2c2ccc(NS(C)(=O)=O)cc2)c(C)n1-c1ccc(N2CCOCC2)cc1. The summed E-state index contributed by atoms with van der Waals surface area (Å²) in [6.07, 6.45) is 2.94. The van der Waals surface area contributed by atoms with Crippen molar-refractivity contribution in [3.8, 4) is 5.69 Å². The number of aromatic nitrogens is 2. The molecule has 2 aromatic heterocycles. The van der Waals surface area contributed by atoms with Crippen LogP contribution < -0.4 is 19.8 Å². The van der Waals surface area contributed by atoms with Crippen LogP contribution in [0, 0.1) is 13.8 Å². The van der Waals surface area contributed by atoms with Crippen LogP contribution in [0.25, 0.3) is 5.69 Å². The summed E-state index contributed by atoms with van der Waals surface area (Å²) in [5.74, 6) is 0. The highest BCUT2D eigenvalue weighted by Crippen LogP contribution is 2.44. The summed E-state index contributed by atoms with van der Waals surface area (Å²) in [5, 5.41) is 4.10. The maximum atomic E-state index is 11.7. The van der Waals surface area contributed by atoms with E-state index in [4.69, 9.17) is 17.0 Å². The van der Waals surface area contributed by atoms with Crippen molar-refractivity contribution in [2.75, 3.05) is 47.1 Å². The molecule has 218 valence electrons. The first-order valence-corrected chi connectivity index (χ1v) is 16.2. The fraction of sp³-hybridized carbons (Fsp3) is 0.290. The van der Waals surface area contributed by atoms with E-state index in [0.29, 0.717) is 10.8 Å². The first-order chi connectivity index (χ1) is 20.2. The minimum Gasteiger partial charge on any atom is -0.378 e. The predicted molar refractivity (Wildman–Crippen MR) is 171 cm³/mol. The smallest absolute Gasteiger partial charge is 0.229 e. The van der Waals surface area contributed by atoms with Gasteiger partial charge >= 0.3 is 0 Å². The number of benzene rings is 2. The van der Waals surface area contributed by atoms with Gasteiger partial charge < -0.3 is 24.4 Å². The number of thiocarbonyl (C=S) groups is 1. The summed E-state index contributed by atoms with van der Waals surface area (Å²) >= 11 is 5.91. The van der Waals surface area contributed by atoms with Crippen LogP contribution in [0.3, 0.4) is 0 Å². The Morgan fingerprint density at radius 2 is 1.62 bits per heavy atom. The van der Waals surface area contributed by atoms with Crippen molar-refractivity contribution >= 4 is 44.4 Å². The van der Waals surface area contributed by atoms with Crippen molar-refractivity contribution in [2.45, 2.75) is 25.9 Å². The van der Waals surface area contributed by atoms with Crippen molar-refractivity contribution < 1.29 is 13.2 Å². The van der Waals surface area contributed by atoms with Crippen molar-refractivity contribution in [3.63, 3.8) is 0 Å². The van der Waals surface area contributed by atoms with Crippen LogP contribution in [0.2, 0.25) is 0 Å². The van der Waals surface area contributed by atoms with E-state index in [1.807, 2.05) is 30.3 Å². The number of anilines is 3. The third kappa shape index (κ3) is 5.59. The van der Waals surface area contributed by atoms with Gasteiger partial charge in [-0.05, 0) is 98.4 Å². The van der Waals surface area contributed by atoms with Crippen molar-refractivity contribution in [3.05, 3.63) is 102 Å². The Bertz CT molecular complexity index is 1680. The van der Waals surface area contributed by atoms with Gasteiger partial charge in [-0.25, -0.2) is 8.42 Å². The molecule has 4 heterocycles. The topological polar surface area (TPSA) is 91.7 Å². The van der Waals surface area contributed by atoms with E-state index in [1.54, 1.807) is 18.3 Å². The molecule has 4 aromatic rings. The van der Waals surface area contributed by atoms with E-state index >= 15 is 0 Å². The van der Waals surface area contributed by atoms with Crippen LogP contribution in [0.15, 0.2) is 79.0 Å². The summed E-state index contributed by atoms with van der Waals surface area (Å²) in [7, 11) is -3.38. The van der Waals surface area contributed by atoms with Gasteiger partial charge in [0.25, 0.3) is 0 Å². The highest BCUT2D eigenvalue weighted by molar-refractivity contribution is 7.92. The molecule has 2 aliphatic rings. The Morgan fingerprint density at radius 3 is 2.26 bits per heavy atom. The Balaban J connectivity index is 1.39. The number of nitrogens with one attached hydrogen (secondary N) is 2. The second kappa shape index (κ2) is 11.4. The molecule has 2 N–H and O–H groups in total. The summed E-state index contributed by atoms with van der Waals surface area (Å²) in [6.45, 7) is 7.57. The van der Waals surface area contributed by atoms with Gasteiger partial charge in [-0.1, -0.05) is 6.07 Å². The summed E-state index contributed by atoms with van der Waals surface area (Å²) in [4.78, 5) is 9.13. The minimum absolute atomic E-state index is 0.186. The summed E-state index contributed by atoms with van der Waals surface area (Å²) < 4.78 is 33.8. The molecule has 0 saturated carbocycles. The van der Waals surface area contributed by atoms with Crippen LogP contribution >= 0.6 is 12.2 Å². The molecular formula is C31H34N6O3S2. The normalized spacial score (nSPS) is 19.2. The van der Waals surface area contributed by atoms with Gasteiger partial charge in [-0.15, -0.1) is 0 Å². The zero-order valence-corrected chi connectivity index (χ0v) is 25.5. The number of nitrogens with zero attached hydrogens (tertiary/aromatic N) is 4. The fourth-order valence-corrected chi connectivity index (χ4v) is 6.88. The molecule has 2 fully saturated rings. The highest BCUT2D eigenvalue weighted by Gasteiger charge is 2.42. The van der Waals surface area contributed by atoms with E-state index in [2.05, 4.69) is 73.6 Å². The third-order valence-electron chi connectivity index (χ3n) is 7.82. The predicted octanol–water partition coefficient (Wildman–Crippen LogP) is 4.87. The van der Waals surface area contributed by atoms with Gasteiger partial charge in [0.15, 0.2) is 5.11 Å². The molecule has 0 amide bonds. The third-order valence-corrected chi connectivity index (χ3v) is 8.74. The second-order valence-electron chi connectivity index (χ2n) is 10.7. The van der Waals surface area contributed by atoms with Crippen LogP contribution in [0.4, 0.5) is 17.1 Å². The van der Waals surface area contributed by atoms with E-state index in [-0.39, 0.29) is 12.1 Å². The standard InChI is InChI=1S/C31H34N6O3S2/c1-21-20-27(22(2)36(21)25-13-11-24(12-14-25)35-16-18-40-19-17-35)30-29(28-6-4-5-15-32-28)33-31(41)37(30)26-9-7-23(8-10-26)34-42(3,38)39/h4-15,20,29-30,34H,16-19H2,1-3H3,(H,33,41)/t29-,30+/m0/s1. The molecule has 0 aliphatic carbocycles. The number of morpholine rings is 1. The van der Waals surface area contributed by atoms with E-state index in [9.17, 15) is 8.42 Å². The van der Waals surface area contributed by atoms with Crippen molar-refractivity contribution in [2.24, 2.45) is 0 Å². The second-order valence-corrected chi connectivity index (χ2v) is 12.8. The number of pyridine rings is 1. The molecule has 0 unspecified atom stereocenters. The number of ether oxygens (including phenoxy) is 1. The maximum Gasteiger partial charge on any atom is 0.229 e.